The summed E-state index contributed by atoms with van der Waals surface area (Å²) >= 11 is 0. The lowest BCUT2D eigenvalue weighted by Gasteiger charge is -2.27. The minimum absolute atomic E-state index is 0.0173. The predicted molar refractivity (Wildman–Crippen MR) is 64.1 cm³/mol. The van der Waals surface area contributed by atoms with E-state index in [4.69, 9.17) is 20.3 Å². The van der Waals surface area contributed by atoms with E-state index in [2.05, 4.69) is 5.92 Å². The van der Waals surface area contributed by atoms with E-state index in [1.807, 2.05) is 19.6 Å². The zero-order chi connectivity index (χ0) is 12.8. The van der Waals surface area contributed by atoms with E-state index in [9.17, 15) is 4.79 Å². The predicted octanol–water partition coefficient (Wildman–Crippen LogP) is 1.22. The van der Waals surface area contributed by atoms with Gasteiger partial charge in [-0.05, 0) is 19.6 Å². The lowest BCUT2D eigenvalue weighted by Crippen LogP contribution is -2.40. The van der Waals surface area contributed by atoms with Crippen LogP contribution in [0, 0.1) is 12.3 Å². The molecule has 0 aliphatic heterocycles. The van der Waals surface area contributed by atoms with E-state index in [1.54, 1.807) is 5.94 Å². The Bertz CT molecular complexity index is 307. The normalized spacial score (nSPS) is 14.5. The van der Waals surface area contributed by atoms with Crippen LogP contribution < -0.4 is 0 Å². The second kappa shape index (κ2) is 6.51. The first-order chi connectivity index (χ1) is 7.39. The fraction of sp³-hybridized carbons (Fsp3) is 0.636. The number of terminal acetylenes is 1. The van der Waals surface area contributed by atoms with Crippen LogP contribution in [0.1, 0.15) is 0 Å². The maximum Gasteiger partial charge on any atom is 0.212 e. The topological polar surface area (TPSA) is 44.8 Å². The van der Waals surface area contributed by atoms with Gasteiger partial charge in [-0.3, -0.25) is 0 Å². The van der Waals surface area contributed by atoms with E-state index in [0.29, 0.717) is 0 Å². The molecule has 0 aliphatic carbocycles. The van der Waals surface area contributed by atoms with Crippen LogP contribution in [-0.2, 0) is 18.7 Å². The molecular formula is C11H18O4Si. The van der Waals surface area contributed by atoms with Crippen LogP contribution in [0.5, 0.6) is 0 Å². The van der Waals surface area contributed by atoms with Crippen LogP contribution in [0.15, 0.2) is 5.76 Å². The lowest BCUT2D eigenvalue weighted by molar-refractivity contribution is 0.0169. The maximum atomic E-state index is 10.6. The summed E-state index contributed by atoms with van der Waals surface area (Å²) in [6.07, 6.45) is 4.03. The number of hydrogen-bond acceptors (Lipinski definition) is 4. The molecule has 0 aromatic heterocycles. The molecule has 0 rings (SSSR count). The Kier molecular flexibility index (Phi) is 6.08. The van der Waals surface area contributed by atoms with Crippen molar-refractivity contribution in [2.75, 3.05) is 14.2 Å². The molecule has 0 fully saturated rings. The molecule has 0 aromatic rings. The van der Waals surface area contributed by atoms with E-state index >= 15 is 0 Å². The second-order valence-corrected chi connectivity index (χ2v) is 8.60. The molecule has 0 saturated carbocycles. The third kappa shape index (κ3) is 4.64. The van der Waals surface area contributed by atoms with Gasteiger partial charge in [0.05, 0.1) is 7.11 Å². The summed E-state index contributed by atoms with van der Waals surface area (Å²) in [5, 5.41) is 0. The van der Waals surface area contributed by atoms with Gasteiger partial charge in [0.1, 0.15) is 6.10 Å². The van der Waals surface area contributed by atoms with Gasteiger partial charge in [0.25, 0.3) is 0 Å². The summed E-state index contributed by atoms with van der Waals surface area (Å²) in [7, 11) is 1.000. The highest BCUT2D eigenvalue weighted by Gasteiger charge is 2.30. The average molecular weight is 242 g/mol. The molecule has 0 bridgehead atoms. The maximum absolute atomic E-state index is 10.6. The molecule has 0 saturated heterocycles. The van der Waals surface area contributed by atoms with Crippen molar-refractivity contribution in [1.29, 1.82) is 0 Å². The van der Waals surface area contributed by atoms with E-state index in [-0.39, 0.29) is 5.76 Å². The Hall–Kier alpha value is -1.05. The third-order valence-electron chi connectivity index (χ3n) is 1.75. The van der Waals surface area contributed by atoms with Crippen molar-refractivity contribution in [2.24, 2.45) is 0 Å². The van der Waals surface area contributed by atoms with E-state index in [1.165, 1.54) is 14.2 Å². The van der Waals surface area contributed by atoms with Gasteiger partial charge >= 0.3 is 0 Å². The summed E-state index contributed by atoms with van der Waals surface area (Å²) in [5.41, 5.74) is 0. The Morgan fingerprint density at radius 2 is 1.88 bits per heavy atom. The Morgan fingerprint density at radius 1 is 1.31 bits per heavy atom. The molecule has 90 valence electrons. The lowest BCUT2D eigenvalue weighted by atomic mass is 10.2. The third-order valence-corrected chi connectivity index (χ3v) is 2.71. The van der Waals surface area contributed by atoms with Gasteiger partial charge in [-0.15, -0.1) is 6.42 Å². The van der Waals surface area contributed by atoms with Crippen molar-refractivity contribution in [3.63, 3.8) is 0 Å². The molecule has 0 N–H and O–H groups in total. The number of carbonyl (C=O) groups excluding carboxylic acids is 1. The number of rotatable bonds is 6. The van der Waals surface area contributed by atoms with Crippen molar-refractivity contribution in [1.82, 2.24) is 0 Å². The quantitative estimate of drug-likeness (QED) is 0.304. The first kappa shape index (κ1) is 14.9. The summed E-state index contributed by atoms with van der Waals surface area (Å²) in [6, 6.07) is 0. The molecule has 0 spiro atoms. The minimum Gasteiger partial charge on any atom is -0.488 e. The van der Waals surface area contributed by atoms with Crippen LogP contribution >= 0.6 is 0 Å². The standard InChI is InChI=1S/C11H18O4Si/c1-7-9(15-16(4,5)6)11(14-3)10(8-12)13-2/h1,9,11H,2-6H3. The van der Waals surface area contributed by atoms with Crippen molar-refractivity contribution < 1.29 is 18.7 Å². The molecule has 0 heterocycles. The van der Waals surface area contributed by atoms with Gasteiger partial charge in [0.15, 0.2) is 20.4 Å². The number of ether oxygens (including phenoxy) is 2. The molecule has 2 atom stereocenters. The molecule has 4 nitrogen and oxygen atoms in total. The fourth-order valence-corrected chi connectivity index (χ4v) is 2.10. The zero-order valence-electron chi connectivity index (χ0n) is 10.4. The molecule has 2 unspecified atom stereocenters. The van der Waals surface area contributed by atoms with Crippen molar-refractivity contribution in [3.8, 4) is 12.3 Å². The van der Waals surface area contributed by atoms with Crippen molar-refractivity contribution >= 4 is 14.3 Å². The van der Waals surface area contributed by atoms with Crippen LogP contribution in [0.2, 0.25) is 19.6 Å². The minimum atomic E-state index is -1.81. The molecule has 0 aromatic carbocycles. The highest BCUT2D eigenvalue weighted by molar-refractivity contribution is 6.69. The summed E-state index contributed by atoms with van der Waals surface area (Å²) in [5.74, 6) is 4.15. The fourth-order valence-electron chi connectivity index (χ4n) is 1.15. The summed E-state index contributed by atoms with van der Waals surface area (Å²) in [6.45, 7) is 6.00. The van der Waals surface area contributed by atoms with Crippen LogP contribution in [0.25, 0.3) is 0 Å². The Morgan fingerprint density at radius 3 is 2.12 bits per heavy atom. The Labute approximate surface area is 97.7 Å². The van der Waals surface area contributed by atoms with Gasteiger partial charge in [0, 0.05) is 7.11 Å². The molecule has 16 heavy (non-hydrogen) atoms. The average Bonchev–Trinajstić information content (AvgIpc) is 2.21. The molecule has 5 heteroatoms. The zero-order valence-corrected chi connectivity index (χ0v) is 11.4. The summed E-state index contributed by atoms with van der Waals surface area (Å²) in [4.78, 5) is 10.6. The number of hydrogen-bond donors (Lipinski definition) is 0. The van der Waals surface area contributed by atoms with Gasteiger partial charge in [-0.2, -0.15) is 0 Å². The highest BCUT2D eigenvalue weighted by Crippen LogP contribution is 2.16. The SMILES string of the molecule is C#CC(O[Si](C)(C)C)C(OC)C(=C=O)OC. The van der Waals surface area contributed by atoms with E-state index in [0.717, 1.165) is 0 Å². The number of methoxy groups -OCH3 is 2. The molecular weight excluding hydrogens is 224 g/mol. The monoisotopic (exact) mass is 242 g/mol. The second-order valence-electron chi connectivity index (χ2n) is 4.14. The molecule has 0 amide bonds. The van der Waals surface area contributed by atoms with Crippen LogP contribution in [0.3, 0.4) is 0 Å². The van der Waals surface area contributed by atoms with Crippen molar-refractivity contribution in [2.45, 2.75) is 31.8 Å². The first-order valence-electron chi connectivity index (χ1n) is 4.85. The smallest absolute Gasteiger partial charge is 0.212 e. The molecule has 0 aliphatic rings. The first-order valence-corrected chi connectivity index (χ1v) is 8.26. The molecule has 0 radical (unpaired) electrons. The summed E-state index contributed by atoms with van der Waals surface area (Å²) < 4.78 is 15.7. The van der Waals surface area contributed by atoms with Crippen molar-refractivity contribution in [3.05, 3.63) is 5.76 Å². The van der Waals surface area contributed by atoms with Crippen LogP contribution in [0.4, 0.5) is 0 Å². The Balaban J connectivity index is 4.92. The van der Waals surface area contributed by atoms with Gasteiger partial charge in [-0.25, -0.2) is 4.79 Å². The highest BCUT2D eigenvalue weighted by atomic mass is 28.4. The van der Waals surface area contributed by atoms with Gasteiger partial charge in [-0.1, -0.05) is 5.92 Å². The van der Waals surface area contributed by atoms with Gasteiger partial charge < -0.3 is 13.9 Å². The largest absolute Gasteiger partial charge is 0.488 e. The van der Waals surface area contributed by atoms with Gasteiger partial charge in [0.2, 0.25) is 5.76 Å². The van der Waals surface area contributed by atoms with Crippen LogP contribution in [-0.4, -0.2) is 40.7 Å². The van der Waals surface area contributed by atoms with E-state index < -0.39 is 20.5 Å².